The van der Waals surface area contributed by atoms with Crippen LogP contribution in [0.5, 0.6) is 0 Å². The lowest BCUT2D eigenvalue weighted by atomic mass is 10.1. The summed E-state index contributed by atoms with van der Waals surface area (Å²) in [7, 11) is 0. The minimum Gasteiger partial charge on any atom is -0.378 e. The first kappa shape index (κ1) is 16.2. The molecule has 21 heavy (non-hydrogen) atoms. The van der Waals surface area contributed by atoms with E-state index in [0.717, 1.165) is 17.7 Å². The lowest BCUT2D eigenvalue weighted by Crippen LogP contribution is -2.10. The largest absolute Gasteiger partial charge is 0.416 e. The molecule has 0 amide bonds. The predicted octanol–water partition coefficient (Wildman–Crippen LogP) is 6.29. The van der Waals surface area contributed by atoms with Gasteiger partial charge in [0, 0.05) is 21.2 Å². The van der Waals surface area contributed by atoms with Gasteiger partial charge in [-0.2, -0.15) is 13.2 Å². The van der Waals surface area contributed by atoms with Crippen molar-refractivity contribution in [2.75, 3.05) is 5.32 Å². The zero-order valence-corrected chi connectivity index (χ0v) is 13.4. The van der Waals surface area contributed by atoms with Crippen molar-refractivity contribution in [3.8, 4) is 0 Å². The van der Waals surface area contributed by atoms with E-state index in [1.807, 2.05) is 13.0 Å². The summed E-state index contributed by atoms with van der Waals surface area (Å²) in [6.07, 6.45) is -4.36. The minimum absolute atomic E-state index is 0.177. The van der Waals surface area contributed by atoms with Crippen molar-refractivity contribution in [2.24, 2.45) is 0 Å². The summed E-state index contributed by atoms with van der Waals surface area (Å²) < 4.78 is 38.8. The number of halogens is 5. The summed E-state index contributed by atoms with van der Waals surface area (Å²) >= 11 is 9.18. The Morgan fingerprint density at radius 2 is 1.86 bits per heavy atom. The highest BCUT2D eigenvalue weighted by atomic mass is 79.9. The van der Waals surface area contributed by atoms with Crippen molar-refractivity contribution in [2.45, 2.75) is 19.1 Å². The highest BCUT2D eigenvalue weighted by Crippen LogP contribution is 2.35. The molecule has 0 aliphatic carbocycles. The van der Waals surface area contributed by atoms with Gasteiger partial charge in [0.1, 0.15) is 0 Å². The second kappa shape index (κ2) is 6.28. The average molecular weight is 379 g/mol. The fraction of sp³-hybridized carbons (Fsp3) is 0.200. The number of hydrogen-bond acceptors (Lipinski definition) is 1. The van der Waals surface area contributed by atoms with Gasteiger partial charge in [0.05, 0.1) is 5.56 Å². The molecule has 0 aliphatic heterocycles. The third-order valence-electron chi connectivity index (χ3n) is 3.01. The third kappa shape index (κ3) is 4.14. The molecule has 0 bridgehead atoms. The van der Waals surface area contributed by atoms with Gasteiger partial charge >= 0.3 is 6.18 Å². The van der Waals surface area contributed by atoms with Crippen LogP contribution in [-0.4, -0.2) is 0 Å². The fourth-order valence-electron chi connectivity index (χ4n) is 1.90. The van der Waals surface area contributed by atoms with Crippen LogP contribution in [0.2, 0.25) is 5.02 Å². The molecule has 112 valence electrons. The maximum atomic E-state index is 12.8. The van der Waals surface area contributed by atoms with Crippen LogP contribution in [0.4, 0.5) is 18.9 Å². The molecule has 0 aliphatic rings. The second-order valence-electron chi connectivity index (χ2n) is 4.61. The van der Waals surface area contributed by atoms with Crippen molar-refractivity contribution in [1.29, 1.82) is 0 Å². The van der Waals surface area contributed by atoms with Gasteiger partial charge in [0.2, 0.25) is 0 Å². The van der Waals surface area contributed by atoms with E-state index in [2.05, 4.69) is 21.2 Å². The monoisotopic (exact) mass is 377 g/mol. The number of alkyl halides is 3. The molecule has 0 spiro atoms. The number of nitrogens with one attached hydrogen (secondary N) is 1. The van der Waals surface area contributed by atoms with Gasteiger partial charge < -0.3 is 5.32 Å². The highest BCUT2D eigenvalue weighted by molar-refractivity contribution is 9.10. The van der Waals surface area contributed by atoms with Crippen molar-refractivity contribution >= 4 is 33.2 Å². The van der Waals surface area contributed by atoms with Crippen molar-refractivity contribution in [1.82, 2.24) is 0 Å². The molecule has 2 aromatic rings. The fourth-order valence-corrected chi connectivity index (χ4v) is 2.46. The van der Waals surface area contributed by atoms with Crippen LogP contribution >= 0.6 is 27.5 Å². The Hall–Kier alpha value is -1.20. The quantitative estimate of drug-likeness (QED) is 0.661. The Bertz CT molecular complexity index is 643. The Kier molecular flexibility index (Phi) is 4.84. The summed E-state index contributed by atoms with van der Waals surface area (Å²) in [5.41, 5.74) is 0.593. The van der Waals surface area contributed by atoms with E-state index in [9.17, 15) is 13.2 Å². The predicted molar refractivity (Wildman–Crippen MR) is 82.6 cm³/mol. The first-order valence-electron chi connectivity index (χ1n) is 6.16. The van der Waals surface area contributed by atoms with Gasteiger partial charge in [0.25, 0.3) is 0 Å². The summed E-state index contributed by atoms with van der Waals surface area (Å²) in [5, 5.41) is 3.65. The van der Waals surface area contributed by atoms with Gasteiger partial charge in [-0.1, -0.05) is 23.7 Å². The molecule has 0 fully saturated rings. The van der Waals surface area contributed by atoms with Crippen LogP contribution in [0.25, 0.3) is 0 Å². The van der Waals surface area contributed by atoms with E-state index in [4.69, 9.17) is 11.6 Å². The van der Waals surface area contributed by atoms with Crippen LogP contribution in [-0.2, 0) is 6.18 Å². The van der Waals surface area contributed by atoms with Gasteiger partial charge in [-0.05, 0) is 58.7 Å². The molecule has 0 radical (unpaired) electrons. The first-order chi connectivity index (χ1) is 9.77. The number of rotatable bonds is 3. The SMILES string of the molecule is CC(Nc1cc(C(F)(F)F)ccc1Br)c1cccc(Cl)c1. The summed E-state index contributed by atoms with van der Waals surface area (Å²) in [6, 6.07) is 10.5. The Morgan fingerprint density at radius 3 is 2.48 bits per heavy atom. The molecule has 1 N–H and O–H groups in total. The molecule has 0 saturated heterocycles. The number of hydrogen-bond donors (Lipinski definition) is 1. The Labute approximate surface area is 134 Å². The Morgan fingerprint density at radius 1 is 1.14 bits per heavy atom. The molecule has 1 atom stereocenters. The average Bonchev–Trinajstić information content (AvgIpc) is 2.40. The molecule has 0 heterocycles. The van der Waals surface area contributed by atoms with E-state index in [1.165, 1.54) is 6.07 Å². The Balaban J connectivity index is 2.26. The maximum absolute atomic E-state index is 12.8. The lowest BCUT2D eigenvalue weighted by Gasteiger charge is -2.18. The van der Waals surface area contributed by atoms with E-state index in [1.54, 1.807) is 18.2 Å². The lowest BCUT2D eigenvalue weighted by molar-refractivity contribution is -0.137. The molecule has 2 aromatic carbocycles. The third-order valence-corrected chi connectivity index (χ3v) is 3.94. The van der Waals surface area contributed by atoms with E-state index < -0.39 is 11.7 Å². The molecule has 1 nitrogen and oxygen atoms in total. The molecule has 0 aromatic heterocycles. The first-order valence-corrected chi connectivity index (χ1v) is 7.33. The van der Waals surface area contributed by atoms with Gasteiger partial charge in [0.15, 0.2) is 0 Å². The number of benzene rings is 2. The zero-order chi connectivity index (χ0) is 15.6. The molecule has 2 rings (SSSR count). The molecule has 1 unspecified atom stereocenters. The summed E-state index contributed by atoms with van der Waals surface area (Å²) in [5.74, 6) is 0. The van der Waals surface area contributed by atoms with Gasteiger partial charge in [-0.15, -0.1) is 0 Å². The van der Waals surface area contributed by atoms with Crippen molar-refractivity contribution < 1.29 is 13.2 Å². The molecule has 0 saturated carbocycles. The highest BCUT2D eigenvalue weighted by Gasteiger charge is 2.31. The van der Waals surface area contributed by atoms with Crippen LogP contribution in [0.3, 0.4) is 0 Å². The van der Waals surface area contributed by atoms with E-state index >= 15 is 0 Å². The zero-order valence-electron chi connectivity index (χ0n) is 11.0. The molecule has 6 heteroatoms. The second-order valence-corrected chi connectivity index (χ2v) is 5.90. The van der Waals surface area contributed by atoms with Crippen molar-refractivity contribution in [3.63, 3.8) is 0 Å². The maximum Gasteiger partial charge on any atom is 0.416 e. The molecular formula is C15H12BrClF3N. The van der Waals surface area contributed by atoms with Gasteiger partial charge in [-0.3, -0.25) is 0 Å². The summed E-state index contributed by atoms with van der Waals surface area (Å²) in [4.78, 5) is 0. The van der Waals surface area contributed by atoms with Gasteiger partial charge in [-0.25, -0.2) is 0 Å². The smallest absolute Gasteiger partial charge is 0.378 e. The van der Waals surface area contributed by atoms with E-state index in [-0.39, 0.29) is 6.04 Å². The standard InChI is InChI=1S/C15H12BrClF3N/c1-9(10-3-2-4-12(17)7-10)21-14-8-11(15(18,19)20)5-6-13(14)16/h2-9,21H,1H3. The topological polar surface area (TPSA) is 12.0 Å². The number of anilines is 1. The molecular weight excluding hydrogens is 367 g/mol. The van der Waals surface area contributed by atoms with Crippen LogP contribution in [0.1, 0.15) is 24.1 Å². The van der Waals surface area contributed by atoms with Crippen LogP contribution in [0, 0.1) is 0 Å². The van der Waals surface area contributed by atoms with Crippen LogP contribution < -0.4 is 5.32 Å². The van der Waals surface area contributed by atoms with Crippen LogP contribution in [0.15, 0.2) is 46.9 Å². The van der Waals surface area contributed by atoms with Crippen molar-refractivity contribution in [3.05, 3.63) is 63.1 Å². The normalized spacial score (nSPS) is 13.0. The van der Waals surface area contributed by atoms with E-state index in [0.29, 0.717) is 15.2 Å². The summed E-state index contributed by atoms with van der Waals surface area (Å²) in [6.45, 7) is 1.86. The minimum atomic E-state index is -4.36.